The zero-order chi connectivity index (χ0) is 9.31. The predicted octanol–water partition coefficient (Wildman–Crippen LogP) is 0.825. The van der Waals surface area contributed by atoms with Crippen LogP contribution in [0.1, 0.15) is 25.5 Å². The van der Waals surface area contributed by atoms with Crippen LogP contribution < -0.4 is 5.73 Å². The van der Waals surface area contributed by atoms with Gasteiger partial charge >= 0.3 is 0 Å². The van der Waals surface area contributed by atoms with E-state index >= 15 is 0 Å². The number of aromatic nitrogens is 2. The second-order valence-corrected chi connectivity index (χ2v) is 3.55. The van der Waals surface area contributed by atoms with Gasteiger partial charge in [-0.2, -0.15) is 0 Å². The molecule has 0 atom stereocenters. The van der Waals surface area contributed by atoms with Crippen molar-refractivity contribution in [2.75, 3.05) is 6.61 Å². The lowest BCUT2D eigenvalue weighted by Crippen LogP contribution is -2.19. The minimum Gasteiger partial charge on any atom is -0.361 e. The molecule has 1 heterocycles. The highest BCUT2D eigenvalue weighted by Gasteiger charge is 2.42. The lowest BCUT2D eigenvalue weighted by Gasteiger charge is -2.03. The van der Waals surface area contributed by atoms with Crippen LogP contribution in [-0.2, 0) is 17.0 Å². The Morgan fingerprint density at radius 3 is 3.08 bits per heavy atom. The van der Waals surface area contributed by atoms with Crippen LogP contribution in [0, 0.1) is 0 Å². The van der Waals surface area contributed by atoms with Crippen LogP contribution in [0.4, 0.5) is 0 Å². The highest BCUT2D eigenvalue weighted by atomic mass is 16.5. The summed E-state index contributed by atoms with van der Waals surface area (Å²) in [5.74, 6) is 0. The molecule has 0 unspecified atom stereocenters. The molecular formula is C9H15N3O. The van der Waals surface area contributed by atoms with Gasteiger partial charge in [-0.1, -0.05) is 0 Å². The molecule has 2 rings (SSSR count). The van der Waals surface area contributed by atoms with E-state index in [4.69, 9.17) is 10.5 Å². The van der Waals surface area contributed by atoms with E-state index in [9.17, 15) is 0 Å². The molecule has 1 aliphatic carbocycles. The second kappa shape index (κ2) is 3.12. The minimum absolute atomic E-state index is 0.128. The fourth-order valence-corrected chi connectivity index (χ4v) is 1.28. The van der Waals surface area contributed by atoms with Crippen molar-refractivity contribution >= 4 is 0 Å². The highest BCUT2D eigenvalue weighted by molar-refractivity contribution is 5.19. The number of hydrogen-bond donors (Lipinski definition) is 1. The van der Waals surface area contributed by atoms with Gasteiger partial charge in [-0.25, -0.2) is 4.98 Å². The first-order valence-corrected chi connectivity index (χ1v) is 4.63. The van der Waals surface area contributed by atoms with Gasteiger partial charge in [0.25, 0.3) is 0 Å². The molecule has 4 nitrogen and oxygen atoms in total. The maximum atomic E-state index is 5.99. The van der Waals surface area contributed by atoms with E-state index in [1.165, 1.54) is 0 Å². The summed E-state index contributed by atoms with van der Waals surface area (Å²) in [5, 5.41) is 0. The number of ether oxygens (including phenoxy) is 1. The molecule has 0 saturated heterocycles. The first kappa shape index (κ1) is 8.72. The van der Waals surface area contributed by atoms with E-state index in [0.717, 1.165) is 25.1 Å². The Bertz CT molecular complexity index is 291. The summed E-state index contributed by atoms with van der Waals surface area (Å²) < 4.78 is 7.17. The van der Waals surface area contributed by atoms with Crippen molar-refractivity contribution in [2.45, 2.75) is 32.0 Å². The summed E-state index contributed by atoms with van der Waals surface area (Å²) in [6.07, 6.45) is 5.86. The molecular weight excluding hydrogens is 166 g/mol. The van der Waals surface area contributed by atoms with Crippen molar-refractivity contribution in [1.29, 1.82) is 0 Å². The molecule has 0 amide bonds. The summed E-state index contributed by atoms with van der Waals surface area (Å²) >= 11 is 0. The topological polar surface area (TPSA) is 53.1 Å². The van der Waals surface area contributed by atoms with Crippen molar-refractivity contribution in [3.05, 3.63) is 18.2 Å². The SMILES string of the molecule is CCOCn1cnc(C2(N)CC2)c1. The van der Waals surface area contributed by atoms with Crippen LogP contribution in [0.3, 0.4) is 0 Å². The van der Waals surface area contributed by atoms with Gasteiger partial charge in [-0.3, -0.25) is 0 Å². The third-order valence-electron chi connectivity index (χ3n) is 2.38. The van der Waals surface area contributed by atoms with Gasteiger partial charge in [0.2, 0.25) is 0 Å². The molecule has 1 aliphatic rings. The zero-order valence-corrected chi connectivity index (χ0v) is 7.86. The van der Waals surface area contributed by atoms with Gasteiger partial charge in [-0.05, 0) is 19.8 Å². The van der Waals surface area contributed by atoms with Crippen LogP contribution >= 0.6 is 0 Å². The summed E-state index contributed by atoms with van der Waals surface area (Å²) in [5.41, 5.74) is 6.86. The number of nitrogens with zero attached hydrogens (tertiary/aromatic N) is 2. The standard InChI is InChI=1S/C9H15N3O/c1-2-13-7-12-5-8(11-6-12)9(10)3-4-9/h5-6H,2-4,7,10H2,1H3. The molecule has 1 aromatic heterocycles. The van der Waals surface area contributed by atoms with Gasteiger partial charge in [0.05, 0.1) is 17.6 Å². The summed E-state index contributed by atoms with van der Waals surface area (Å²) in [4.78, 5) is 4.26. The van der Waals surface area contributed by atoms with Crippen molar-refractivity contribution in [3.8, 4) is 0 Å². The Hall–Kier alpha value is -0.870. The Labute approximate surface area is 77.7 Å². The van der Waals surface area contributed by atoms with Gasteiger partial charge in [-0.15, -0.1) is 0 Å². The van der Waals surface area contributed by atoms with Gasteiger partial charge < -0.3 is 15.0 Å². The van der Waals surface area contributed by atoms with E-state index in [1.54, 1.807) is 6.33 Å². The molecule has 0 spiro atoms. The maximum Gasteiger partial charge on any atom is 0.123 e. The largest absolute Gasteiger partial charge is 0.361 e. The normalized spacial score (nSPS) is 18.9. The number of rotatable bonds is 4. The Morgan fingerprint density at radius 2 is 2.46 bits per heavy atom. The van der Waals surface area contributed by atoms with Crippen LogP contribution in [0.25, 0.3) is 0 Å². The monoisotopic (exact) mass is 181 g/mol. The molecule has 0 aromatic carbocycles. The fraction of sp³-hybridized carbons (Fsp3) is 0.667. The maximum absolute atomic E-state index is 5.99. The summed E-state index contributed by atoms with van der Waals surface area (Å²) in [6.45, 7) is 3.27. The van der Waals surface area contributed by atoms with Crippen LogP contribution in [0.2, 0.25) is 0 Å². The third kappa shape index (κ3) is 1.73. The van der Waals surface area contributed by atoms with E-state index in [-0.39, 0.29) is 5.54 Å². The average molecular weight is 181 g/mol. The summed E-state index contributed by atoms with van der Waals surface area (Å²) in [7, 11) is 0. The van der Waals surface area contributed by atoms with Crippen LogP contribution in [-0.4, -0.2) is 16.2 Å². The average Bonchev–Trinajstić information content (AvgIpc) is 2.69. The Kier molecular flexibility index (Phi) is 2.09. The van der Waals surface area contributed by atoms with Gasteiger partial charge in [0, 0.05) is 12.8 Å². The predicted molar refractivity (Wildman–Crippen MR) is 49.0 cm³/mol. The molecule has 2 N–H and O–H groups in total. The smallest absolute Gasteiger partial charge is 0.123 e. The molecule has 0 bridgehead atoms. The quantitative estimate of drug-likeness (QED) is 0.748. The first-order valence-electron chi connectivity index (χ1n) is 4.63. The number of nitrogens with two attached hydrogens (primary N) is 1. The van der Waals surface area contributed by atoms with E-state index in [2.05, 4.69) is 4.98 Å². The number of imidazole rings is 1. The van der Waals surface area contributed by atoms with Crippen molar-refractivity contribution in [2.24, 2.45) is 5.73 Å². The molecule has 1 aromatic rings. The first-order chi connectivity index (χ1) is 6.24. The summed E-state index contributed by atoms with van der Waals surface area (Å²) in [6, 6.07) is 0. The lowest BCUT2D eigenvalue weighted by molar-refractivity contribution is 0.0877. The molecule has 0 radical (unpaired) electrons. The number of hydrogen-bond acceptors (Lipinski definition) is 3. The lowest BCUT2D eigenvalue weighted by atomic mass is 10.2. The zero-order valence-electron chi connectivity index (χ0n) is 7.86. The van der Waals surface area contributed by atoms with E-state index in [1.807, 2.05) is 17.7 Å². The van der Waals surface area contributed by atoms with Crippen molar-refractivity contribution in [3.63, 3.8) is 0 Å². The van der Waals surface area contributed by atoms with Crippen molar-refractivity contribution in [1.82, 2.24) is 9.55 Å². The molecule has 1 fully saturated rings. The van der Waals surface area contributed by atoms with E-state index in [0.29, 0.717) is 6.73 Å². The molecule has 0 aliphatic heterocycles. The molecule has 1 saturated carbocycles. The molecule has 72 valence electrons. The third-order valence-corrected chi connectivity index (χ3v) is 2.38. The second-order valence-electron chi connectivity index (χ2n) is 3.55. The molecule has 4 heteroatoms. The van der Waals surface area contributed by atoms with E-state index < -0.39 is 0 Å². The molecule has 13 heavy (non-hydrogen) atoms. The van der Waals surface area contributed by atoms with Gasteiger partial charge in [0.15, 0.2) is 0 Å². The minimum atomic E-state index is -0.128. The van der Waals surface area contributed by atoms with Gasteiger partial charge in [0.1, 0.15) is 6.73 Å². The van der Waals surface area contributed by atoms with Crippen LogP contribution in [0.5, 0.6) is 0 Å². The fourth-order valence-electron chi connectivity index (χ4n) is 1.28. The highest BCUT2D eigenvalue weighted by Crippen LogP contribution is 2.41. The Morgan fingerprint density at radius 1 is 1.69 bits per heavy atom. The van der Waals surface area contributed by atoms with Crippen molar-refractivity contribution < 1.29 is 4.74 Å². The Balaban J connectivity index is 2.01. The van der Waals surface area contributed by atoms with Crippen LogP contribution in [0.15, 0.2) is 12.5 Å².